The van der Waals surface area contributed by atoms with Crippen LogP contribution < -0.4 is 4.74 Å². The summed E-state index contributed by atoms with van der Waals surface area (Å²) in [6.45, 7) is 0. The van der Waals surface area contributed by atoms with E-state index in [-0.39, 0.29) is 6.10 Å². The summed E-state index contributed by atoms with van der Waals surface area (Å²) in [5.74, 6) is 0.624. The highest BCUT2D eigenvalue weighted by molar-refractivity contribution is 9.10. The summed E-state index contributed by atoms with van der Waals surface area (Å²) in [4.78, 5) is 8.15. The number of aromatic nitrogens is 2. The molecule has 0 radical (unpaired) electrons. The third-order valence-electron chi connectivity index (χ3n) is 3.19. The van der Waals surface area contributed by atoms with E-state index in [9.17, 15) is 0 Å². The van der Waals surface area contributed by atoms with Crippen LogP contribution in [-0.4, -0.2) is 9.97 Å². The summed E-state index contributed by atoms with van der Waals surface area (Å²) in [5, 5.41) is 0. The minimum Gasteiger partial charge on any atom is -0.469 e. The molecule has 0 bridgehead atoms. The van der Waals surface area contributed by atoms with E-state index in [0.29, 0.717) is 5.88 Å². The van der Waals surface area contributed by atoms with Gasteiger partial charge >= 0.3 is 0 Å². The molecule has 1 aliphatic rings. The first kappa shape index (κ1) is 11.7. The van der Waals surface area contributed by atoms with Crippen LogP contribution >= 0.6 is 15.9 Å². The predicted octanol–water partition coefficient (Wildman–Crippen LogP) is 3.70. The fourth-order valence-electron chi connectivity index (χ4n) is 2.36. The fraction of sp³-hybridized carbons (Fsp3) is 0.286. The van der Waals surface area contributed by atoms with Crippen LogP contribution in [0, 0.1) is 0 Å². The lowest BCUT2D eigenvalue weighted by molar-refractivity contribution is 0.175. The first-order chi connectivity index (χ1) is 8.83. The van der Waals surface area contributed by atoms with Crippen molar-refractivity contribution in [2.45, 2.75) is 25.4 Å². The van der Waals surface area contributed by atoms with Crippen molar-refractivity contribution in [3.05, 3.63) is 52.4 Å². The molecular formula is C14H13BrN2O. The molecule has 0 saturated heterocycles. The van der Waals surface area contributed by atoms with Crippen molar-refractivity contribution >= 4 is 15.9 Å². The van der Waals surface area contributed by atoms with Gasteiger partial charge in [0.2, 0.25) is 5.88 Å². The van der Waals surface area contributed by atoms with Crippen LogP contribution in [-0.2, 0) is 6.42 Å². The number of hydrogen-bond donors (Lipinski definition) is 0. The normalized spacial score (nSPS) is 18.2. The Labute approximate surface area is 114 Å². The molecule has 1 aliphatic carbocycles. The van der Waals surface area contributed by atoms with E-state index >= 15 is 0 Å². The topological polar surface area (TPSA) is 35.0 Å². The van der Waals surface area contributed by atoms with Gasteiger partial charge in [0.05, 0.1) is 0 Å². The molecular weight excluding hydrogens is 292 g/mol. The van der Waals surface area contributed by atoms with Gasteiger partial charge in [-0.1, -0.05) is 24.3 Å². The Kier molecular flexibility index (Phi) is 3.28. The maximum atomic E-state index is 5.98. The van der Waals surface area contributed by atoms with Crippen molar-refractivity contribution in [2.24, 2.45) is 0 Å². The molecule has 0 fully saturated rings. The molecule has 18 heavy (non-hydrogen) atoms. The number of ether oxygens (including phenoxy) is 1. The van der Waals surface area contributed by atoms with Crippen molar-refractivity contribution in [2.75, 3.05) is 0 Å². The quantitative estimate of drug-likeness (QED) is 0.794. The van der Waals surface area contributed by atoms with Gasteiger partial charge in [-0.2, -0.15) is 0 Å². The van der Waals surface area contributed by atoms with Crippen molar-refractivity contribution in [1.29, 1.82) is 0 Å². The second-order valence-corrected chi connectivity index (χ2v) is 5.19. The molecule has 4 heteroatoms. The fourth-order valence-corrected chi connectivity index (χ4v) is 2.65. The first-order valence-electron chi connectivity index (χ1n) is 6.05. The maximum Gasteiger partial charge on any atom is 0.218 e. The SMILES string of the molecule is Brc1cc(OC2CCCc3ccccc32)ncn1. The Balaban J connectivity index is 1.86. The number of fused-ring (bicyclic) bond motifs is 1. The molecule has 1 aromatic carbocycles. The standard InChI is InChI=1S/C14H13BrN2O/c15-13-8-14(17-9-16-13)18-12-7-3-5-10-4-1-2-6-11(10)12/h1-2,4,6,8-9,12H,3,5,7H2. The number of aryl methyl sites for hydroxylation is 1. The van der Waals surface area contributed by atoms with E-state index in [1.165, 1.54) is 17.5 Å². The molecule has 0 saturated carbocycles. The molecule has 3 rings (SSSR count). The average Bonchev–Trinajstić information content (AvgIpc) is 2.39. The predicted molar refractivity (Wildman–Crippen MR) is 72.5 cm³/mol. The third-order valence-corrected chi connectivity index (χ3v) is 3.62. The second kappa shape index (κ2) is 5.06. The van der Waals surface area contributed by atoms with Crippen LogP contribution in [0.4, 0.5) is 0 Å². The van der Waals surface area contributed by atoms with Crippen LogP contribution in [0.2, 0.25) is 0 Å². The molecule has 0 amide bonds. The molecule has 3 nitrogen and oxygen atoms in total. The number of benzene rings is 1. The monoisotopic (exact) mass is 304 g/mol. The van der Waals surface area contributed by atoms with Crippen LogP contribution in [0.15, 0.2) is 41.3 Å². The highest BCUT2D eigenvalue weighted by Gasteiger charge is 2.21. The summed E-state index contributed by atoms with van der Waals surface area (Å²) >= 11 is 3.33. The lowest BCUT2D eigenvalue weighted by Crippen LogP contribution is -2.15. The van der Waals surface area contributed by atoms with Crippen molar-refractivity contribution < 1.29 is 4.74 Å². The Bertz CT molecular complexity index is 559. The molecule has 0 aliphatic heterocycles. The van der Waals surface area contributed by atoms with E-state index in [1.54, 1.807) is 6.07 Å². The minimum absolute atomic E-state index is 0.108. The molecule has 1 aromatic heterocycles. The minimum atomic E-state index is 0.108. The lowest BCUT2D eigenvalue weighted by Gasteiger charge is -2.25. The van der Waals surface area contributed by atoms with Crippen molar-refractivity contribution in [3.63, 3.8) is 0 Å². The number of nitrogens with zero attached hydrogens (tertiary/aromatic N) is 2. The highest BCUT2D eigenvalue weighted by Crippen LogP contribution is 2.33. The zero-order valence-corrected chi connectivity index (χ0v) is 11.4. The van der Waals surface area contributed by atoms with Crippen LogP contribution in [0.25, 0.3) is 0 Å². The number of hydrogen-bond acceptors (Lipinski definition) is 3. The van der Waals surface area contributed by atoms with Gasteiger partial charge in [0.1, 0.15) is 17.0 Å². The average molecular weight is 305 g/mol. The largest absolute Gasteiger partial charge is 0.469 e. The highest BCUT2D eigenvalue weighted by atomic mass is 79.9. The molecule has 0 N–H and O–H groups in total. The zero-order chi connectivity index (χ0) is 12.4. The summed E-state index contributed by atoms with van der Waals surface area (Å²) in [6, 6.07) is 10.3. The zero-order valence-electron chi connectivity index (χ0n) is 9.84. The van der Waals surface area contributed by atoms with Crippen LogP contribution in [0.1, 0.15) is 30.1 Å². The number of halogens is 1. The summed E-state index contributed by atoms with van der Waals surface area (Å²) in [5.41, 5.74) is 2.68. The van der Waals surface area contributed by atoms with Gasteiger partial charge < -0.3 is 4.74 Å². The smallest absolute Gasteiger partial charge is 0.218 e. The van der Waals surface area contributed by atoms with Gasteiger partial charge in [0.15, 0.2) is 0 Å². The van der Waals surface area contributed by atoms with E-state index in [1.807, 2.05) is 0 Å². The van der Waals surface area contributed by atoms with Crippen LogP contribution in [0.3, 0.4) is 0 Å². The number of rotatable bonds is 2. The third kappa shape index (κ3) is 2.38. The van der Waals surface area contributed by atoms with Gasteiger partial charge in [-0.15, -0.1) is 0 Å². The molecule has 1 heterocycles. The van der Waals surface area contributed by atoms with E-state index in [2.05, 4.69) is 50.2 Å². The van der Waals surface area contributed by atoms with E-state index in [0.717, 1.165) is 23.9 Å². The van der Waals surface area contributed by atoms with Gasteiger partial charge in [0.25, 0.3) is 0 Å². The van der Waals surface area contributed by atoms with E-state index in [4.69, 9.17) is 4.74 Å². The summed E-state index contributed by atoms with van der Waals surface area (Å²) in [7, 11) is 0. The lowest BCUT2D eigenvalue weighted by atomic mass is 9.89. The molecule has 1 atom stereocenters. The molecule has 2 aromatic rings. The Morgan fingerprint density at radius 2 is 2.11 bits per heavy atom. The maximum absolute atomic E-state index is 5.98. The first-order valence-corrected chi connectivity index (χ1v) is 6.84. The Morgan fingerprint density at radius 3 is 3.00 bits per heavy atom. The molecule has 0 spiro atoms. The second-order valence-electron chi connectivity index (χ2n) is 4.38. The summed E-state index contributed by atoms with van der Waals surface area (Å²) in [6.07, 6.45) is 4.96. The van der Waals surface area contributed by atoms with Gasteiger partial charge in [0, 0.05) is 6.07 Å². The summed E-state index contributed by atoms with van der Waals surface area (Å²) < 4.78 is 6.73. The van der Waals surface area contributed by atoms with Gasteiger partial charge in [-0.05, 0) is 46.3 Å². The van der Waals surface area contributed by atoms with Gasteiger partial charge in [-0.25, -0.2) is 9.97 Å². The van der Waals surface area contributed by atoms with Crippen molar-refractivity contribution in [1.82, 2.24) is 9.97 Å². The van der Waals surface area contributed by atoms with Crippen LogP contribution in [0.5, 0.6) is 5.88 Å². The van der Waals surface area contributed by atoms with E-state index < -0.39 is 0 Å². The van der Waals surface area contributed by atoms with Crippen molar-refractivity contribution in [3.8, 4) is 5.88 Å². The Hall–Kier alpha value is -1.42. The van der Waals surface area contributed by atoms with Gasteiger partial charge in [-0.3, -0.25) is 0 Å². The Morgan fingerprint density at radius 1 is 1.22 bits per heavy atom. The molecule has 92 valence electrons. The molecule has 1 unspecified atom stereocenters.